The molecule has 0 rings (SSSR count). The van der Waals surface area contributed by atoms with Crippen LogP contribution in [-0.4, -0.2) is 75.6 Å². The fourth-order valence-corrected chi connectivity index (χ4v) is 4.68. The van der Waals surface area contributed by atoms with Crippen LogP contribution < -0.4 is 0 Å². The average Bonchev–Trinajstić information content (AvgIpc) is 2.84. The minimum Gasteiger partial charge on any atom is -0.457 e. The lowest BCUT2D eigenvalue weighted by atomic mass is 10.0. The largest absolute Gasteiger partial charge is 0.472 e. The van der Waals surface area contributed by atoms with Gasteiger partial charge in [0.25, 0.3) is 0 Å². The summed E-state index contributed by atoms with van der Waals surface area (Å²) in [7, 11) is 1.67. The quantitative estimate of drug-likeness (QED) is 0.0456. The molecule has 0 aliphatic heterocycles. The number of hydrogen-bond donors (Lipinski definition) is 1. The zero-order valence-corrected chi connectivity index (χ0v) is 26.3. The molecule has 0 aromatic carbocycles. The van der Waals surface area contributed by atoms with Crippen molar-refractivity contribution in [3.63, 3.8) is 0 Å². The first-order valence-electron chi connectivity index (χ1n) is 15.3. The molecule has 0 saturated heterocycles. The van der Waals surface area contributed by atoms with E-state index in [-0.39, 0.29) is 25.8 Å². The van der Waals surface area contributed by atoms with Crippen molar-refractivity contribution in [1.82, 2.24) is 0 Å². The number of hydrogen-bond acceptors (Lipinski definition) is 6. The molecule has 0 bridgehead atoms. The van der Waals surface area contributed by atoms with E-state index >= 15 is 0 Å². The molecule has 0 heterocycles. The van der Waals surface area contributed by atoms with E-state index in [0.29, 0.717) is 24.1 Å². The molecule has 38 heavy (non-hydrogen) atoms. The van der Waals surface area contributed by atoms with Gasteiger partial charge in [0.05, 0.1) is 34.4 Å². The summed E-state index contributed by atoms with van der Waals surface area (Å²) in [6.07, 6.45) is 19.4. The third-order valence-corrected chi connectivity index (χ3v) is 7.40. The average molecular weight is 567 g/mol. The maximum absolute atomic E-state index is 12.2. The highest BCUT2D eigenvalue weighted by atomic mass is 31.2. The van der Waals surface area contributed by atoms with Gasteiger partial charge in [-0.1, -0.05) is 104 Å². The van der Waals surface area contributed by atoms with Crippen LogP contribution in [0.2, 0.25) is 0 Å². The number of esters is 1. The van der Waals surface area contributed by atoms with Crippen LogP contribution in [0.4, 0.5) is 0 Å². The molecule has 0 radical (unpaired) electrons. The first-order chi connectivity index (χ1) is 18.1. The van der Waals surface area contributed by atoms with Crippen molar-refractivity contribution < 1.29 is 37.3 Å². The Hall–Kier alpha value is -0.500. The van der Waals surface area contributed by atoms with Crippen LogP contribution >= 0.6 is 7.82 Å². The van der Waals surface area contributed by atoms with Gasteiger partial charge >= 0.3 is 13.8 Å². The van der Waals surface area contributed by atoms with Gasteiger partial charge in [-0.15, -0.1) is 0 Å². The Bertz CT molecular complexity index is 598. The number of unbranched alkanes of at least 4 members (excludes halogenated alkanes) is 14. The number of quaternary nitrogens is 1. The highest BCUT2D eigenvalue weighted by Gasteiger charge is 2.26. The Kier molecular flexibility index (Phi) is 24.0. The van der Waals surface area contributed by atoms with Crippen molar-refractivity contribution in [2.75, 3.05) is 54.1 Å². The van der Waals surface area contributed by atoms with Gasteiger partial charge in [0.2, 0.25) is 0 Å². The van der Waals surface area contributed by atoms with Crippen LogP contribution in [0.15, 0.2) is 0 Å². The molecule has 1 N–H and O–H groups in total. The molecule has 2 atom stereocenters. The van der Waals surface area contributed by atoms with Crippen molar-refractivity contribution in [3.05, 3.63) is 0 Å². The van der Waals surface area contributed by atoms with Crippen LogP contribution in [0.25, 0.3) is 0 Å². The van der Waals surface area contributed by atoms with Crippen molar-refractivity contribution in [2.45, 2.75) is 129 Å². The lowest BCUT2D eigenvalue weighted by Crippen LogP contribution is -2.37. The summed E-state index contributed by atoms with van der Waals surface area (Å²) < 4.78 is 34.2. The van der Waals surface area contributed by atoms with Crippen LogP contribution in [-0.2, 0) is 27.9 Å². The summed E-state index contributed by atoms with van der Waals surface area (Å²) in [4.78, 5) is 22.1. The minimum absolute atomic E-state index is 0.0911. The number of carbonyl (C=O) groups is 1. The standard InChI is InChI=1S/C29H60NO7P/c1-6-8-10-11-12-13-14-15-16-17-18-19-20-21-24-34-26-28(37-29(31)22-9-7-2)27-36-38(32,33)35-25-23-30(3,4)5/h28H,6-27H2,1-5H3/p+1. The Balaban J connectivity index is 4.03. The Morgan fingerprint density at radius 1 is 0.711 bits per heavy atom. The Morgan fingerprint density at radius 2 is 1.21 bits per heavy atom. The smallest absolute Gasteiger partial charge is 0.457 e. The molecule has 0 amide bonds. The summed E-state index contributed by atoms with van der Waals surface area (Å²) in [6, 6.07) is 0. The van der Waals surface area contributed by atoms with Crippen LogP contribution in [0.1, 0.15) is 123 Å². The van der Waals surface area contributed by atoms with Crippen LogP contribution in [0.5, 0.6) is 0 Å². The second kappa shape index (κ2) is 24.3. The first kappa shape index (κ1) is 37.5. The zero-order chi connectivity index (χ0) is 28.5. The predicted molar refractivity (Wildman–Crippen MR) is 155 cm³/mol. The molecular weight excluding hydrogens is 505 g/mol. The molecule has 2 unspecified atom stereocenters. The molecule has 9 heteroatoms. The monoisotopic (exact) mass is 566 g/mol. The second-order valence-corrected chi connectivity index (χ2v) is 13.0. The molecule has 228 valence electrons. The maximum Gasteiger partial charge on any atom is 0.472 e. The van der Waals surface area contributed by atoms with Crippen LogP contribution in [0.3, 0.4) is 0 Å². The molecule has 0 saturated carbocycles. The van der Waals surface area contributed by atoms with Gasteiger partial charge in [-0.3, -0.25) is 13.8 Å². The third-order valence-electron chi connectivity index (χ3n) is 6.42. The van der Waals surface area contributed by atoms with Gasteiger partial charge in [-0.2, -0.15) is 0 Å². The van der Waals surface area contributed by atoms with Crippen molar-refractivity contribution in [3.8, 4) is 0 Å². The van der Waals surface area contributed by atoms with Gasteiger partial charge in [0.1, 0.15) is 19.3 Å². The van der Waals surface area contributed by atoms with E-state index in [0.717, 1.165) is 25.7 Å². The summed E-state index contributed by atoms with van der Waals surface area (Å²) in [5.41, 5.74) is 0. The van der Waals surface area contributed by atoms with E-state index in [2.05, 4.69) is 6.92 Å². The van der Waals surface area contributed by atoms with E-state index in [1.54, 1.807) is 0 Å². The summed E-state index contributed by atoms with van der Waals surface area (Å²) >= 11 is 0. The van der Waals surface area contributed by atoms with E-state index < -0.39 is 13.9 Å². The van der Waals surface area contributed by atoms with Crippen molar-refractivity contribution >= 4 is 13.8 Å². The minimum atomic E-state index is -4.23. The van der Waals surface area contributed by atoms with Gasteiger partial charge < -0.3 is 18.9 Å². The Labute approximate surface area is 234 Å². The molecule has 0 aromatic heterocycles. The first-order valence-corrected chi connectivity index (χ1v) is 16.8. The van der Waals surface area contributed by atoms with Gasteiger partial charge in [-0.05, 0) is 12.8 Å². The highest BCUT2D eigenvalue weighted by molar-refractivity contribution is 7.47. The lowest BCUT2D eigenvalue weighted by molar-refractivity contribution is -0.870. The summed E-state index contributed by atoms with van der Waals surface area (Å²) in [6.45, 7) is 5.38. The van der Waals surface area contributed by atoms with Crippen molar-refractivity contribution in [1.29, 1.82) is 0 Å². The molecule has 0 aromatic rings. The number of phosphoric ester groups is 1. The molecule has 0 aliphatic rings. The zero-order valence-electron chi connectivity index (χ0n) is 25.4. The molecule has 8 nitrogen and oxygen atoms in total. The topological polar surface area (TPSA) is 91.3 Å². The number of phosphoric acid groups is 1. The number of nitrogens with zero attached hydrogens (tertiary/aromatic N) is 1. The lowest BCUT2D eigenvalue weighted by Gasteiger charge is -2.24. The van der Waals surface area contributed by atoms with Gasteiger partial charge in [0.15, 0.2) is 0 Å². The number of likely N-dealkylation sites (N-methyl/N-ethyl adjacent to an activating group) is 1. The van der Waals surface area contributed by atoms with Crippen LogP contribution in [0, 0.1) is 0 Å². The van der Waals surface area contributed by atoms with E-state index in [1.165, 1.54) is 77.0 Å². The fraction of sp³-hybridized carbons (Fsp3) is 0.966. The fourth-order valence-electron chi connectivity index (χ4n) is 3.94. The summed E-state index contributed by atoms with van der Waals surface area (Å²) in [5.74, 6) is -0.348. The SMILES string of the molecule is CCCCCCCCCCCCCCCCOCC(COP(=O)(O)OCC[N+](C)(C)C)OC(=O)CCCC. The molecule has 0 aliphatic carbocycles. The normalized spacial score (nSPS) is 14.4. The van der Waals surface area contributed by atoms with Gasteiger partial charge in [-0.25, -0.2) is 4.57 Å². The van der Waals surface area contributed by atoms with Crippen molar-refractivity contribution in [2.24, 2.45) is 0 Å². The summed E-state index contributed by atoms with van der Waals surface area (Å²) in [5, 5.41) is 0. The maximum atomic E-state index is 12.2. The Morgan fingerprint density at radius 3 is 1.71 bits per heavy atom. The highest BCUT2D eigenvalue weighted by Crippen LogP contribution is 2.43. The third kappa shape index (κ3) is 27.1. The molecule has 0 fully saturated rings. The number of rotatable bonds is 28. The molecule has 0 spiro atoms. The van der Waals surface area contributed by atoms with E-state index in [9.17, 15) is 14.3 Å². The molecular formula is C29H61NO7P+. The second-order valence-electron chi connectivity index (χ2n) is 11.5. The predicted octanol–water partition coefficient (Wildman–Crippen LogP) is 7.43. The van der Waals surface area contributed by atoms with E-state index in [1.807, 2.05) is 28.1 Å². The van der Waals surface area contributed by atoms with Gasteiger partial charge in [0, 0.05) is 13.0 Å². The number of ether oxygens (including phenoxy) is 2. The van der Waals surface area contributed by atoms with E-state index in [4.69, 9.17) is 18.5 Å². The number of carbonyl (C=O) groups excluding carboxylic acids is 1.